The molecule has 0 radical (unpaired) electrons. The third-order valence-electron chi connectivity index (χ3n) is 5.80. The first-order valence-electron chi connectivity index (χ1n) is 11.6. The van der Waals surface area contributed by atoms with Crippen LogP contribution in [0.2, 0.25) is 0 Å². The molecule has 3 aromatic rings. The number of benzene rings is 2. The predicted octanol–water partition coefficient (Wildman–Crippen LogP) is 5.25. The van der Waals surface area contributed by atoms with Crippen molar-refractivity contribution in [2.75, 3.05) is 26.1 Å². The highest BCUT2D eigenvalue weighted by atomic mass is 32.2. The Bertz CT molecular complexity index is 1250. The molecule has 0 bridgehead atoms. The molecule has 2 heterocycles. The van der Waals surface area contributed by atoms with Crippen molar-refractivity contribution in [1.29, 1.82) is 0 Å². The lowest BCUT2D eigenvalue weighted by atomic mass is 10.0. The average molecular weight is 505 g/mol. The van der Waals surface area contributed by atoms with Crippen molar-refractivity contribution in [3.63, 3.8) is 0 Å². The van der Waals surface area contributed by atoms with Crippen LogP contribution in [0.1, 0.15) is 34.8 Å². The van der Waals surface area contributed by atoms with Gasteiger partial charge in [0.25, 0.3) is 5.91 Å². The van der Waals surface area contributed by atoms with Crippen LogP contribution in [0.4, 0.5) is 10.5 Å². The fourth-order valence-electron chi connectivity index (χ4n) is 3.83. The first-order chi connectivity index (χ1) is 17.5. The number of hydrogen-bond acceptors (Lipinski definition) is 7. The molecule has 186 valence electrons. The van der Waals surface area contributed by atoms with Gasteiger partial charge in [-0.3, -0.25) is 14.6 Å². The van der Waals surface area contributed by atoms with E-state index in [9.17, 15) is 9.59 Å². The normalized spacial score (nSPS) is 15.3. The third-order valence-corrected chi connectivity index (χ3v) is 7.06. The standard InChI is InChI=1S/C27H28N4O4S/c1-4-24-25(20-7-10-22(34-2)23(17-20)35-3)30-31(27(33)36-24)16-13-18-5-8-21(9-6-18)29-26(32)19-11-14-28-15-12-19/h5-12,14-15,17,24H,4,13,16H2,1-3H3,(H,29,32). The summed E-state index contributed by atoms with van der Waals surface area (Å²) in [7, 11) is 3.20. The summed E-state index contributed by atoms with van der Waals surface area (Å²) in [5.41, 5.74) is 4.03. The molecule has 1 aliphatic heterocycles. The molecule has 2 amide bonds. The van der Waals surface area contributed by atoms with Crippen molar-refractivity contribution in [3.05, 3.63) is 83.7 Å². The van der Waals surface area contributed by atoms with Gasteiger partial charge in [0, 0.05) is 35.8 Å². The summed E-state index contributed by atoms with van der Waals surface area (Å²) in [4.78, 5) is 29.0. The van der Waals surface area contributed by atoms with E-state index in [2.05, 4.69) is 10.3 Å². The minimum Gasteiger partial charge on any atom is -0.493 e. The van der Waals surface area contributed by atoms with Gasteiger partial charge in [-0.05, 0) is 60.9 Å². The molecule has 0 saturated carbocycles. The van der Waals surface area contributed by atoms with E-state index in [0.29, 0.717) is 35.7 Å². The second-order valence-electron chi connectivity index (χ2n) is 8.10. The van der Waals surface area contributed by atoms with E-state index < -0.39 is 0 Å². The summed E-state index contributed by atoms with van der Waals surface area (Å²) in [5, 5.41) is 9.05. The minimum atomic E-state index is -0.191. The largest absolute Gasteiger partial charge is 0.493 e. The number of carbonyl (C=O) groups excluding carboxylic acids is 2. The van der Waals surface area contributed by atoms with Crippen molar-refractivity contribution in [2.45, 2.75) is 25.0 Å². The fourth-order valence-corrected chi connectivity index (χ4v) is 4.79. The number of aromatic nitrogens is 1. The van der Waals surface area contributed by atoms with Crippen LogP contribution in [0.5, 0.6) is 11.5 Å². The summed E-state index contributed by atoms with van der Waals surface area (Å²) in [6.45, 7) is 2.49. The highest BCUT2D eigenvalue weighted by Gasteiger charge is 2.30. The highest BCUT2D eigenvalue weighted by molar-refractivity contribution is 8.14. The van der Waals surface area contributed by atoms with Gasteiger partial charge in [0.05, 0.1) is 25.2 Å². The number of rotatable bonds is 9. The van der Waals surface area contributed by atoms with Crippen LogP contribution in [-0.2, 0) is 6.42 Å². The zero-order valence-corrected chi connectivity index (χ0v) is 21.2. The van der Waals surface area contributed by atoms with Crippen molar-refractivity contribution in [2.24, 2.45) is 5.10 Å². The smallest absolute Gasteiger partial charge is 0.302 e. The number of nitrogens with zero attached hydrogens (tertiary/aromatic N) is 3. The Morgan fingerprint density at radius 2 is 1.75 bits per heavy atom. The van der Waals surface area contributed by atoms with Crippen LogP contribution in [0.25, 0.3) is 0 Å². The van der Waals surface area contributed by atoms with Crippen LogP contribution >= 0.6 is 11.8 Å². The Labute approximate surface area is 214 Å². The molecule has 1 aromatic heterocycles. The van der Waals surface area contributed by atoms with Crippen molar-refractivity contribution in [1.82, 2.24) is 9.99 Å². The van der Waals surface area contributed by atoms with Gasteiger partial charge in [-0.2, -0.15) is 5.10 Å². The number of ether oxygens (including phenoxy) is 2. The Morgan fingerprint density at radius 3 is 2.42 bits per heavy atom. The third kappa shape index (κ3) is 5.85. The van der Waals surface area contributed by atoms with Gasteiger partial charge >= 0.3 is 5.24 Å². The fraction of sp³-hybridized carbons (Fsp3) is 0.259. The Balaban J connectivity index is 1.45. The van der Waals surface area contributed by atoms with Gasteiger partial charge in [-0.1, -0.05) is 30.8 Å². The molecule has 1 aliphatic rings. The minimum absolute atomic E-state index is 0.0323. The van der Waals surface area contributed by atoms with Crippen molar-refractivity contribution >= 4 is 34.3 Å². The zero-order valence-electron chi connectivity index (χ0n) is 20.4. The predicted molar refractivity (Wildman–Crippen MR) is 142 cm³/mol. The van der Waals surface area contributed by atoms with E-state index in [0.717, 1.165) is 23.3 Å². The quantitative estimate of drug-likeness (QED) is 0.428. The Hall–Kier alpha value is -3.85. The van der Waals surface area contributed by atoms with Gasteiger partial charge in [0.1, 0.15) is 0 Å². The van der Waals surface area contributed by atoms with E-state index in [1.165, 1.54) is 16.8 Å². The molecule has 0 spiro atoms. The number of hydrazone groups is 1. The van der Waals surface area contributed by atoms with E-state index in [1.54, 1.807) is 38.7 Å². The van der Waals surface area contributed by atoms with Crippen LogP contribution < -0.4 is 14.8 Å². The summed E-state index contributed by atoms with van der Waals surface area (Å²) < 4.78 is 10.8. The number of anilines is 1. The van der Waals surface area contributed by atoms with E-state index in [4.69, 9.17) is 14.6 Å². The maximum absolute atomic E-state index is 12.8. The summed E-state index contributed by atoms with van der Waals surface area (Å²) >= 11 is 1.30. The van der Waals surface area contributed by atoms with E-state index in [1.807, 2.05) is 49.4 Å². The molecule has 36 heavy (non-hydrogen) atoms. The van der Waals surface area contributed by atoms with Gasteiger partial charge in [-0.15, -0.1) is 0 Å². The number of methoxy groups -OCH3 is 2. The number of carbonyl (C=O) groups is 2. The molecule has 1 unspecified atom stereocenters. The molecule has 9 heteroatoms. The summed E-state index contributed by atoms with van der Waals surface area (Å²) in [6, 6.07) is 16.6. The second-order valence-corrected chi connectivity index (χ2v) is 9.25. The lowest BCUT2D eigenvalue weighted by Crippen LogP contribution is -2.36. The van der Waals surface area contributed by atoms with E-state index >= 15 is 0 Å². The van der Waals surface area contributed by atoms with Crippen LogP contribution in [0.15, 0.2) is 72.1 Å². The van der Waals surface area contributed by atoms with Crippen LogP contribution in [-0.4, -0.2) is 52.9 Å². The lowest BCUT2D eigenvalue weighted by molar-refractivity contribution is 0.102. The summed E-state index contributed by atoms with van der Waals surface area (Å²) in [6.07, 6.45) is 4.58. The molecule has 0 saturated heterocycles. The van der Waals surface area contributed by atoms with E-state index in [-0.39, 0.29) is 16.4 Å². The van der Waals surface area contributed by atoms with Crippen LogP contribution in [0, 0.1) is 0 Å². The summed E-state index contributed by atoms with van der Waals surface area (Å²) in [5.74, 6) is 1.08. The second kappa shape index (κ2) is 11.7. The number of amides is 2. The highest BCUT2D eigenvalue weighted by Crippen LogP contribution is 2.33. The number of thioether (sulfide) groups is 1. The molecule has 0 fully saturated rings. The molecular weight excluding hydrogens is 476 g/mol. The Kier molecular flexibility index (Phi) is 8.22. The zero-order chi connectivity index (χ0) is 25.5. The molecule has 1 atom stereocenters. The molecular formula is C27H28N4O4S. The van der Waals surface area contributed by atoms with Gasteiger partial charge in [0.15, 0.2) is 11.5 Å². The van der Waals surface area contributed by atoms with Crippen LogP contribution in [0.3, 0.4) is 0 Å². The number of nitrogens with one attached hydrogen (secondary N) is 1. The molecule has 4 rings (SSSR count). The van der Waals surface area contributed by atoms with Gasteiger partial charge < -0.3 is 14.8 Å². The SMILES string of the molecule is CCC1SC(=O)N(CCc2ccc(NC(=O)c3ccncc3)cc2)N=C1c1ccc(OC)c(OC)c1. The van der Waals surface area contributed by atoms with Gasteiger partial charge in [0.2, 0.25) is 0 Å². The molecule has 1 N–H and O–H groups in total. The molecule has 0 aliphatic carbocycles. The first kappa shape index (κ1) is 25.2. The molecule has 8 nitrogen and oxygen atoms in total. The topological polar surface area (TPSA) is 93.1 Å². The lowest BCUT2D eigenvalue weighted by Gasteiger charge is -2.28. The number of hydrogen-bond donors (Lipinski definition) is 1. The van der Waals surface area contributed by atoms with Crippen molar-refractivity contribution < 1.29 is 19.1 Å². The monoisotopic (exact) mass is 504 g/mol. The van der Waals surface area contributed by atoms with Crippen molar-refractivity contribution in [3.8, 4) is 11.5 Å². The Morgan fingerprint density at radius 1 is 1.03 bits per heavy atom. The maximum Gasteiger partial charge on any atom is 0.302 e. The molecule has 2 aromatic carbocycles. The number of pyridine rings is 1. The first-order valence-corrected chi connectivity index (χ1v) is 12.5. The average Bonchev–Trinajstić information content (AvgIpc) is 2.93. The maximum atomic E-state index is 12.8. The van der Waals surface area contributed by atoms with Gasteiger partial charge in [-0.25, -0.2) is 5.01 Å².